The number of nitrogens with one attached hydrogen (secondary N) is 1. The molecule has 1 aliphatic heterocycles. The summed E-state index contributed by atoms with van der Waals surface area (Å²) < 4.78 is 5.38. The van der Waals surface area contributed by atoms with E-state index in [0.29, 0.717) is 6.04 Å². The van der Waals surface area contributed by atoms with E-state index in [2.05, 4.69) is 65.3 Å². The largest absolute Gasteiger partial charge is 0.497 e. The first-order valence-electron chi connectivity index (χ1n) is 9.13. The van der Waals surface area contributed by atoms with Crippen LogP contribution in [-0.4, -0.2) is 28.8 Å². The molecule has 0 bridgehead atoms. The van der Waals surface area contributed by atoms with Crippen molar-refractivity contribution < 1.29 is 4.74 Å². The van der Waals surface area contributed by atoms with Crippen molar-refractivity contribution in [2.45, 2.75) is 32.9 Å². The van der Waals surface area contributed by atoms with Crippen LogP contribution in [0.5, 0.6) is 5.75 Å². The number of ether oxygens (including phenoxy) is 1. The number of methoxy groups -OCH3 is 1. The summed E-state index contributed by atoms with van der Waals surface area (Å²) >= 11 is 0. The highest BCUT2D eigenvalue weighted by molar-refractivity contribution is 5.64. The maximum absolute atomic E-state index is 5.38. The molecule has 1 unspecified atom stereocenters. The van der Waals surface area contributed by atoms with Gasteiger partial charge in [-0.3, -0.25) is 10.00 Å². The molecule has 1 atom stereocenters. The van der Waals surface area contributed by atoms with Crippen molar-refractivity contribution >= 4 is 0 Å². The Morgan fingerprint density at radius 3 is 2.77 bits per heavy atom. The van der Waals surface area contributed by atoms with Gasteiger partial charge in [-0.2, -0.15) is 5.10 Å². The molecule has 0 amide bonds. The second kappa shape index (κ2) is 6.96. The van der Waals surface area contributed by atoms with Gasteiger partial charge in [-0.1, -0.05) is 24.3 Å². The standard InChI is InChI=1S/C22H25N3O/c1-15-7-8-18(11-16(15)2)22-19(13-23-24-22)14-25-10-9-21(25)17-5-4-6-20(12-17)26-3/h4-8,11-13,21H,9-10,14H2,1-3H3,(H,23,24). The van der Waals surface area contributed by atoms with Crippen LogP contribution in [0.25, 0.3) is 11.3 Å². The van der Waals surface area contributed by atoms with E-state index in [-0.39, 0.29) is 0 Å². The van der Waals surface area contributed by atoms with Crippen molar-refractivity contribution in [3.05, 3.63) is 70.9 Å². The number of aromatic nitrogens is 2. The fraction of sp³-hybridized carbons (Fsp3) is 0.318. The van der Waals surface area contributed by atoms with E-state index >= 15 is 0 Å². The second-order valence-electron chi connectivity index (χ2n) is 7.12. The van der Waals surface area contributed by atoms with Crippen molar-refractivity contribution in [2.24, 2.45) is 0 Å². The van der Waals surface area contributed by atoms with Crippen molar-refractivity contribution in [1.29, 1.82) is 0 Å². The highest BCUT2D eigenvalue weighted by Gasteiger charge is 2.30. The predicted octanol–water partition coefficient (Wildman–Crippen LogP) is 4.65. The van der Waals surface area contributed by atoms with E-state index in [1.165, 1.54) is 34.2 Å². The summed E-state index contributed by atoms with van der Waals surface area (Å²) in [6.45, 7) is 6.31. The third kappa shape index (κ3) is 3.13. The average Bonchev–Trinajstić information content (AvgIpc) is 3.09. The topological polar surface area (TPSA) is 41.1 Å². The van der Waals surface area contributed by atoms with Gasteiger partial charge in [-0.15, -0.1) is 0 Å². The molecule has 4 nitrogen and oxygen atoms in total. The SMILES string of the molecule is COc1cccc(C2CCN2Cc2cn[nH]c2-c2ccc(C)c(C)c2)c1. The molecule has 4 heteroatoms. The third-order valence-corrected chi connectivity index (χ3v) is 5.50. The number of nitrogens with zero attached hydrogens (tertiary/aromatic N) is 2. The van der Waals surface area contributed by atoms with Gasteiger partial charge in [0.05, 0.1) is 19.0 Å². The summed E-state index contributed by atoms with van der Waals surface area (Å²) in [7, 11) is 1.72. The number of benzene rings is 2. The molecular formula is C22H25N3O. The summed E-state index contributed by atoms with van der Waals surface area (Å²) in [5.74, 6) is 0.925. The van der Waals surface area contributed by atoms with Crippen molar-refractivity contribution in [2.75, 3.05) is 13.7 Å². The number of hydrogen-bond acceptors (Lipinski definition) is 3. The molecule has 26 heavy (non-hydrogen) atoms. The smallest absolute Gasteiger partial charge is 0.119 e. The first-order valence-corrected chi connectivity index (χ1v) is 9.13. The van der Waals surface area contributed by atoms with Crippen LogP contribution >= 0.6 is 0 Å². The predicted molar refractivity (Wildman–Crippen MR) is 104 cm³/mol. The Morgan fingerprint density at radius 1 is 1.15 bits per heavy atom. The molecule has 0 radical (unpaired) electrons. The molecule has 2 heterocycles. The van der Waals surface area contributed by atoms with Crippen LogP contribution in [0.2, 0.25) is 0 Å². The summed E-state index contributed by atoms with van der Waals surface area (Å²) in [6, 6.07) is 15.5. The molecular weight excluding hydrogens is 322 g/mol. The fourth-order valence-corrected chi connectivity index (χ4v) is 3.65. The molecule has 1 saturated heterocycles. The maximum atomic E-state index is 5.38. The summed E-state index contributed by atoms with van der Waals surface area (Å²) in [4.78, 5) is 2.50. The van der Waals surface area contributed by atoms with Gasteiger partial charge < -0.3 is 4.74 Å². The molecule has 0 aliphatic carbocycles. The lowest BCUT2D eigenvalue weighted by Crippen LogP contribution is -2.40. The fourth-order valence-electron chi connectivity index (χ4n) is 3.65. The highest BCUT2D eigenvalue weighted by Crippen LogP contribution is 2.37. The van der Waals surface area contributed by atoms with Crippen LogP contribution in [0.15, 0.2) is 48.7 Å². The van der Waals surface area contributed by atoms with Crippen LogP contribution in [-0.2, 0) is 6.54 Å². The Kier molecular flexibility index (Phi) is 4.51. The summed E-state index contributed by atoms with van der Waals surface area (Å²) in [6.07, 6.45) is 3.15. The molecule has 1 aromatic heterocycles. The van der Waals surface area contributed by atoms with E-state index in [1.54, 1.807) is 7.11 Å². The minimum absolute atomic E-state index is 0.451. The molecule has 2 aromatic carbocycles. The lowest BCUT2D eigenvalue weighted by Gasteiger charge is -2.41. The minimum Gasteiger partial charge on any atom is -0.497 e. The normalized spacial score (nSPS) is 17.1. The van der Waals surface area contributed by atoms with Gasteiger partial charge in [-0.05, 0) is 55.2 Å². The van der Waals surface area contributed by atoms with Gasteiger partial charge in [0.2, 0.25) is 0 Å². The number of rotatable bonds is 5. The van der Waals surface area contributed by atoms with Crippen molar-refractivity contribution in [1.82, 2.24) is 15.1 Å². The van der Waals surface area contributed by atoms with Crippen LogP contribution in [0.1, 0.15) is 34.7 Å². The monoisotopic (exact) mass is 347 g/mol. The molecule has 1 fully saturated rings. The summed E-state index contributed by atoms with van der Waals surface area (Å²) in [5.41, 5.74) is 7.54. The maximum Gasteiger partial charge on any atom is 0.119 e. The number of aryl methyl sites for hydroxylation is 2. The van der Waals surface area contributed by atoms with Gasteiger partial charge >= 0.3 is 0 Å². The van der Waals surface area contributed by atoms with E-state index in [1.807, 2.05) is 12.3 Å². The van der Waals surface area contributed by atoms with Crippen LogP contribution < -0.4 is 4.74 Å². The Hall–Kier alpha value is -2.59. The Bertz CT molecular complexity index is 915. The quantitative estimate of drug-likeness (QED) is 0.730. The first-order chi connectivity index (χ1) is 12.7. The molecule has 4 rings (SSSR count). The zero-order valence-corrected chi connectivity index (χ0v) is 15.6. The van der Waals surface area contributed by atoms with Crippen molar-refractivity contribution in [3.8, 4) is 17.0 Å². The molecule has 1 N–H and O–H groups in total. The van der Waals surface area contributed by atoms with Crippen molar-refractivity contribution in [3.63, 3.8) is 0 Å². The van der Waals surface area contributed by atoms with Crippen LogP contribution in [0, 0.1) is 13.8 Å². The number of aromatic amines is 1. The Balaban J connectivity index is 1.55. The Morgan fingerprint density at radius 2 is 2.04 bits per heavy atom. The van der Waals surface area contributed by atoms with Gasteiger partial charge in [0.15, 0.2) is 0 Å². The zero-order chi connectivity index (χ0) is 18.1. The summed E-state index contributed by atoms with van der Waals surface area (Å²) in [5, 5.41) is 7.51. The van der Waals surface area contributed by atoms with Gasteiger partial charge in [0.1, 0.15) is 5.75 Å². The molecule has 0 spiro atoms. The van der Waals surface area contributed by atoms with Gasteiger partial charge in [-0.25, -0.2) is 0 Å². The zero-order valence-electron chi connectivity index (χ0n) is 15.6. The molecule has 0 saturated carbocycles. The Labute approximate surface area is 154 Å². The van der Waals surface area contributed by atoms with Crippen LogP contribution in [0.3, 0.4) is 0 Å². The molecule has 134 valence electrons. The number of likely N-dealkylation sites (tertiary alicyclic amines) is 1. The second-order valence-corrected chi connectivity index (χ2v) is 7.12. The number of hydrogen-bond donors (Lipinski definition) is 1. The van der Waals surface area contributed by atoms with Gasteiger partial charge in [0, 0.05) is 30.3 Å². The van der Waals surface area contributed by atoms with Crippen LogP contribution in [0.4, 0.5) is 0 Å². The minimum atomic E-state index is 0.451. The number of H-pyrrole nitrogens is 1. The van der Waals surface area contributed by atoms with E-state index in [4.69, 9.17) is 4.74 Å². The molecule has 3 aromatic rings. The van der Waals surface area contributed by atoms with Gasteiger partial charge in [0.25, 0.3) is 0 Å². The lowest BCUT2D eigenvalue weighted by atomic mass is 9.93. The first kappa shape index (κ1) is 16.9. The third-order valence-electron chi connectivity index (χ3n) is 5.50. The van der Waals surface area contributed by atoms with E-state index < -0.39 is 0 Å². The highest BCUT2D eigenvalue weighted by atomic mass is 16.5. The average molecular weight is 347 g/mol. The molecule has 1 aliphatic rings. The van der Waals surface area contributed by atoms with E-state index in [9.17, 15) is 0 Å². The lowest BCUT2D eigenvalue weighted by molar-refractivity contribution is 0.0819. The van der Waals surface area contributed by atoms with E-state index in [0.717, 1.165) is 24.5 Å².